The number of pyridine rings is 1. The second-order valence-electron chi connectivity index (χ2n) is 5.31. The van der Waals surface area contributed by atoms with Crippen molar-refractivity contribution in [3.05, 3.63) is 70.0 Å². The zero-order valence-corrected chi connectivity index (χ0v) is 11.6. The van der Waals surface area contributed by atoms with Crippen LogP contribution < -0.4 is 5.43 Å². The third kappa shape index (κ3) is 1.98. The van der Waals surface area contributed by atoms with Gasteiger partial charge in [0.25, 0.3) is 0 Å². The minimum Gasteiger partial charge on any atom is -0.376 e. The van der Waals surface area contributed by atoms with Gasteiger partial charge in [-0.2, -0.15) is 0 Å². The first-order chi connectivity index (χ1) is 10.3. The van der Waals surface area contributed by atoms with E-state index in [1.54, 1.807) is 0 Å². The molecule has 0 amide bonds. The molecule has 0 spiro atoms. The second-order valence-corrected chi connectivity index (χ2v) is 5.31. The Kier molecular flexibility index (Phi) is 2.86. The van der Waals surface area contributed by atoms with Gasteiger partial charge in [0.15, 0.2) is 5.43 Å². The number of aromatic amines is 1. The van der Waals surface area contributed by atoms with E-state index < -0.39 is 0 Å². The van der Waals surface area contributed by atoms with Gasteiger partial charge in [-0.3, -0.25) is 4.79 Å². The van der Waals surface area contributed by atoms with Gasteiger partial charge in [0.05, 0.1) is 18.7 Å². The van der Waals surface area contributed by atoms with Gasteiger partial charge in [0.1, 0.15) is 0 Å². The summed E-state index contributed by atoms with van der Waals surface area (Å²) >= 11 is 0. The molecule has 3 nitrogen and oxygen atoms in total. The first-order valence-electron chi connectivity index (χ1n) is 7.14. The average molecular weight is 277 g/mol. The lowest BCUT2D eigenvalue weighted by Gasteiger charge is -2.17. The van der Waals surface area contributed by atoms with Crippen LogP contribution >= 0.6 is 0 Å². The van der Waals surface area contributed by atoms with Gasteiger partial charge in [-0.1, -0.05) is 42.5 Å². The maximum absolute atomic E-state index is 12.7. The maximum Gasteiger partial charge on any atom is 0.195 e. The van der Waals surface area contributed by atoms with E-state index >= 15 is 0 Å². The molecule has 3 aromatic rings. The minimum atomic E-state index is 0.0937. The number of hydrogen-bond acceptors (Lipinski definition) is 2. The van der Waals surface area contributed by atoms with E-state index in [0.29, 0.717) is 13.2 Å². The van der Waals surface area contributed by atoms with Gasteiger partial charge in [-0.15, -0.1) is 0 Å². The van der Waals surface area contributed by atoms with Crippen LogP contribution in [0.3, 0.4) is 0 Å². The Hall–Kier alpha value is -2.39. The van der Waals surface area contributed by atoms with Crippen LogP contribution in [0.2, 0.25) is 0 Å². The predicted molar refractivity (Wildman–Crippen MR) is 83.4 cm³/mol. The Morgan fingerprint density at radius 1 is 1.00 bits per heavy atom. The highest BCUT2D eigenvalue weighted by atomic mass is 16.5. The van der Waals surface area contributed by atoms with Crippen LogP contribution in [0.25, 0.3) is 22.0 Å². The molecule has 3 heteroatoms. The highest BCUT2D eigenvalue weighted by Gasteiger charge is 2.17. The quantitative estimate of drug-likeness (QED) is 0.741. The van der Waals surface area contributed by atoms with Crippen LogP contribution in [0.15, 0.2) is 53.3 Å². The van der Waals surface area contributed by atoms with E-state index in [1.807, 2.05) is 30.3 Å². The van der Waals surface area contributed by atoms with Crippen LogP contribution in [0.1, 0.15) is 11.3 Å². The van der Waals surface area contributed by atoms with Crippen LogP contribution in [0, 0.1) is 0 Å². The molecule has 4 rings (SSSR count). The predicted octanol–water partition coefficient (Wildman–Crippen LogP) is 3.27. The first kappa shape index (κ1) is 12.4. The van der Waals surface area contributed by atoms with E-state index in [-0.39, 0.29) is 5.43 Å². The van der Waals surface area contributed by atoms with Crippen molar-refractivity contribution in [3.8, 4) is 11.1 Å². The maximum atomic E-state index is 12.7. The molecular weight excluding hydrogens is 262 g/mol. The summed E-state index contributed by atoms with van der Waals surface area (Å²) in [4.78, 5) is 16.1. The highest BCUT2D eigenvalue weighted by molar-refractivity contribution is 5.94. The van der Waals surface area contributed by atoms with Crippen molar-refractivity contribution < 1.29 is 4.74 Å². The summed E-state index contributed by atoms with van der Waals surface area (Å²) in [5.74, 6) is 0. The molecule has 0 saturated carbocycles. The number of hydrogen-bond donors (Lipinski definition) is 1. The zero-order valence-electron chi connectivity index (χ0n) is 11.6. The number of para-hydroxylation sites is 1. The molecule has 2 aromatic carbocycles. The van der Waals surface area contributed by atoms with Gasteiger partial charge in [-0.05, 0) is 11.6 Å². The number of nitrogens with one attached hydrogen (secondary N) is 1. The SMILES string of the molecule is O=c1c2c([nH]c3c(-c4ccccc4)cccc13)CCOC2. The van der Waals surface area contributed by atoms with Crippen molar-refractivity contribution in [2.45, 2.75) is 13.0 Å². The number of H-pyrrole nitrogens is 1. The number of rotatable bonds is 1. The topological polar surface area (TPSA) is 42.1 Å². The van der Waals surface area contributed by atoms with E-state index in [4.69, 9.17) is 4.74 Å². The second kappa shape index (κ2) is 4.86. The fourth-order valence-electron chi connectivity index (χ4n) is 2.97. The Labute approximate surface area is 122 Å². The Morgan fingerprint density at radius 3 is 2.71 bits per heavy atom. The lowest BCUT2D eigenvalue weighted by atomic mass is 9.99. The largest absolute Gasteiger partial charge is 0.376 e. The van der Waals surface area contributed by atoms with Crippen molar-refractivity contribution in [1.29, 1.82) is 0 Å². The molecule has 0 fully saturated rings. The van der Waals surface area contributed by atoms with Crippen LogP contribution in [-0.2, 0) is 17.8 Å². The molecule has 0 bridgehead atoms. The normalized spacial score (nSPS) is 14.1. The highest BCUT2D eigenvalue weighted by Crippen LogP contribution is 2.27. The lowest BCUT2D eigenvalue weighted by molar-refractivity contribution is 0.109. The third-order valence-electron chi connectivity index (χ3n) is 4.05. The van der Waals surface area contributed by atoms with E-state index in [2.05, 4.69) is 23.2 Å². The molecule has 0 aliphatic carbocycles. The summed E-state index contributed by atoms with van der Waals surface area (Å²) in [6, 6.07) is 16.0. The van der Waals surface area contributed by atoms with E-state index in [9.17, 15) is 4.79 Å². The molecule has 104 valence electrons. The monoisotopic (exact) mass is 277 g/mol. The summed E-state index contributed by atoms with van der Waals surface area (Å²) in [6.07, 6.45) is 0.767. The van der Waals surface area contributed by atoms with Crippen molar-refractivity contribution in [3.63, 3.8) is 0 Å². The van der Waals surface area contributed by atoms with E-state index in [1.165, 1.54) is 0 Å². The Morgan fingerprint density at radius 2 is 1.86 bits per heavy atom. The molecule has 1 aliphatic rings. The zero-order chi connectivity index (χ0) is 14.2. The summed E-state index contributed by atoms with van der Waals surface area (Å²) in [5.41, 5.74) is 5.00. The molecule has 0 radical (unpaired) electrons. The van der Waals surface area contributed by atoms with Crippen LogP contribution in [-0.4, -0.2) is 11.6 Å². The average Bonchev–Trinajstić information content (AvgIpc) is 2.56. The number of fused-ring (bicyclic) bond motifs is 2. The molecule has 1 aliphatic heterocycles. The number of aromatic nitrogens is 1. The van der Waals surface area contributed by atoms with E-state index in [0.717, 1.165) is 39.7 Å². The van der Waals surface area contributed by atoms with Crippen molar-refractivity contribution in [1.82, 2.24) is 4.98 Å². The van der Waals surface area contributed by atoms with Gasteiger partial charge in [0.2, 0.25) is 0 Å². The fraction of sp³-hybridized carbons (Fsp3) is 0.167. The summed E-state index contributed by atoms with van der Waals surface area (Å²) in [7, 11) is 0. The summed E-state index contributed by atoms with van der Waals surface area (Å²) in [6.45, 7) is 1.08. The number of ether oxygens (including phenoxy) is 1. The molecule has 21 heavy (non-hydrogen) atoms. The third-order valence-corrected chi connectivity index (χ3v) is 4.05. The smallest absolute Gasteiger partial charge is 0.195 e. The lowest BCUT2D eigenvalue weighted by Crippen LogP contribution is -2.21. The Bertz CT molecular complexity index is 866. The van der Waals surface area contributed by atoms with Gasteiger partial charge in [0, 0.05) is 28.6 Å². The molecule has 2 heterocycles. The molecule has 1 N–H and O–H groups in total. The standard InChI is InChI=1S/C18H15NO2/c20-18-14-8-4-7-13(12-5-2-1-3-6-12)17(14)19-16-9-10-21-11-15(16)18/h1-8H,9-11H2,(H,19,20). The Balaban J connectivity index is 2.06. The van der Waals surface area contributed by atoms with Gasteiger partial charge < -0.3 is 9.72 Å². The van der Waals surface area contributed by atoms with Crippen molar-refractivity contribution in [2.75, 3.05) is 6.61 Å². The first-order valence-corrected chi connectivity index (χ1v) is 7.14. The van der Waals surface area contributed by atoms with Gasteiger partial charge in [-0.25, -0.2) is 0 Å². The van der Waals surface area contributed by atoms with Crippen LogP contribution in [0.5, 0.6) is 0 Å². The number of benzene rings is 2. The minimum absolute atomic E-state index is 0.0937. The molecular formula is C18H15NO2. The fourth-order valence-corrected chi connectivity index (χ4v) is 2.97. The molecule has 0 unspecified atom stereocenters. The van der Waals surface area contributed by atoms with Crippen molar-refractivity contribution in [2.24, 2.45) is 0 Å². The van der Waals surface area contributed by atoms with Crippen LogP contribution in [0.4, 0.5) is 0 Å². The molecule has 0 saturated heterocycles. The molecule has 1 aromatic heterocycles. The van der Waals surface area contributed by atoms with Gasteiger partial charge >= 0.3 is 0 Å². The van der Waals surface area contributed by atoms with Crippen molar-refractivity contribution >= 4 is 10.9 Å². The molecule has 0 atom stereocenters. The summed E-state index contributed by atoms with van der Waals surface area (Å²) in [5, 5.41) is 0.737. The summed E-state index contributed by atoms with van der Waals surface area (Å²) < 4.78 is 5.42.